The summed E-state index contributed by atoms with van der Waals surface area (Å²) in [7, 11) is 0. The first kappa shape index (κ1) is 12.1. The van der Waals surface area contributed by atoms with Gasteiger partial charge < -0.3 is 10.5 Å². The van der Waals surface area contributed by atoms with Crippen molar-refractivity contribution in [1.29, 1.82) is 0 Å². The lowest BCUT2D eigenvalue weighted by Gasteiger charge is -2.30. The Morgan fingerprint density at radius 2 is 2.22 bits per heavy atom. The Morgan fingerprint density at radius 1 is 1.39 bits per heavy atom. The first-order valence-electron chi connectivity index (χ1n) is 5.59. The highest BCUT2D eigenvalue weighted by atomic mass is 79.9. The fraction of sp³-hybridized carbons (Fsp3) is 0.231. The van der Waals surface area contributed by atoms with E-state index >= 15 is 0 Å². The monoisotopic (exact) mass is 327 g/mol. The average molecular weight is 328 g/mol. The van der Waals surface area contributed by atoms with E-state index in [0.717, 1.165) is 14.9 Å². The van der Waals surface area contributed by atoms with Gasteiger partial charge in [-0.3, -0.25) is 0 Å². The lowest BCUT2D eigenvalue weighted by molar-refractivity contribution is 0.164. The zero-order chi connectivity index (χ0) is 12.7. The van der Waals surface area contributed by atoms with E-state index in [9.17, 15) is 4.39 Å². The molecule has 2 heterocycles. The van der Waals surface area contributed by atoms with Gasteiger partial charge in [0.15, 0.2) is 0 Å². The zero-order valence-electron chi connectivity index (χ0n) is 9.40. The maximum absolute atomic E-state index is 13.2. The molecule has 0 radical (unpaired) electrons. The van der Waals surface area contributed by atoms with Gasteiger partial charge in [0.2, 0.25) is 0 Å². The average Bonchev–Trinajstić information content (AvgIpc) is 2.76. The molecule has 0 bridgehead atoms. The highest BCUT2D eigenvalue weighted by Crippen LogP contribution is 2.43. The van der Waals surface area contributed by atoms with Gasteiger partial charge in [-0.1, -0.05) is 0 Å². The second-order valence-electron chi connectivity index (χ2n) is 4.26. The van der Waals surface area contributed by atoms with Crippen molar-refractivity contribution in [2.45, 2.75) is 18.6 Å². The fourth-order valence-corrected chi connectivity index (χ4v) is 3.84. The van der Waals surface area contributed by atoms with Crippen LogP contribution in [0.2, 0.25) is 0 Å². The molecule has 2 atom stereocenters. The van der Waals surface area contributed by atoms with E-state index in [0.29, 0.717) is 12.2 Å². The molecular weight excluding hydrogens is 317 g/mol. The second-order valence-corrected chi connectivity index (χ2v) is 6.07. The van der Waals surface area contributed by atoms with Gasteiger partial charge in [0.25, 0.3) is 0 Å². The first-order valence-corrected chi connectivity index (χ1v) is 7.27. The molecule has 1 aromatic heterocycles. The lowest BCUT2D eigenvalue weighted by atomic mass is 9.96. The number of benzene rings is 1. The van der Waals surface area contributed by atoms with Gasteiger partial charge in [-0.05, 0) is 45.6 Å². The maximum Gasteiger partial charge on any atom is 0.136 e. The summed E-state index contributed by atoms with van der Waals surface area (Å²) < 4.78 is 20.1. The minimum absolute atomic E-state index is 0.0627. The molecule has 5 heteroatoms. The topological polar surface area (TPSA) is 35.2 Å². The van der Waals surface area contributed by atoms with Crippen molar-refractivity contribution in [3.8, 4) is 5.75 Å². The molecule has 0 spiro atoms. The summed E-state index contributed by atoms with van der Waals surface area (Å²) in [5.41, 5.74) is 6.85. The third kappa shape index (κ3) is 2.06. The maximum atomic E-state index is 13.2. The number of halogens is 2. The summed E-state index contributed by atoms with van der Waals surface area (Å²) >= 11 is 5.14. The van der Waals surface area contributed by atoms with Crippen molar-refractivity contribution in [3.63, 3.8) is 0 Å². The van der Waals surface area contributed by atoms with Crippen molar-refractivity contribution in [1.82, 2.24) is 0 Å². The molecule has 1 aromatic carbocycles. The Balaban J connectivity index is 1.97. The van der Waals surface area contributed by atoms with Gasteiger partial charge >= 0.3 is 0 Å². The van der Waals surface area contributed by atoms with Crippen molar-refractivity contribution in [2.24, 2.45) is 5.73 Å². The molecule has 2 nitrogen and oxygen atoms in total. The number of rotatable bonds is 1. The van der Waals surface area contributed by atoms with E-state index in [1.165, 1.54) is 12.1 Å². The molecule has 0 saturated heterocycles. The Labute approximate surface area is 117 Å². The molecule has 0 saturated carbocycles. The van der Waals surface area contributed by atoms with Gasteiger partial charge in [0.1, 0.15) is 17.7 Å². The molecular formula is C13H11BrFNOS. The van der Waals surface area contributed by atoms with Crippen LogP contribution in [-0.2, 0) is 0 Å². The molecule has 0 aliphatic carbocycles. The minimum atomic E-state index is -0.274. The number of fused-ring (bicyclic) bond motifs is 1. The molecule has 0 fully saturated rings. The molecule has 1 aliphatic rings. The smallest absolute Gasteiger partial charge is 0.136 e. The highest BCUT2D eigenvalue weighted by Gasteiger charge is 2.29. The van der Waals surface area contributed by atoms with Crippen LogP contribution in [-0.4, -0.2) is 0 Å². The Kier molecular flexibility index (Phi) is 3.13. The van der Waals surface area contributed by atoms with E-state index in [-0.39, 0.29) is 18.0 Å². The summed E-state index contributed by atoms with van der Waals surface area (Å²) in [5.74, 6) is 0.406. The molecule has 2 N–H and O–H groups in total. The van der Waals surface area contributed by atoms with Crippen molar-refractivity contribution < 1.29 is 9.13 Å². The molecule has 2 aromatic rings. The normalized spacial score (nSPS) is 22.4. The summed E-state index contributed by atoms with van der Waals surface area (Å²) in [6.45, 7) is 0. The highest BCUT2D eigenvalue weighted by molar-refractivity contribution is 9.10. The van der Waals surface area contributed by atoms with Gasteiger partial charge in [0.05, 0.1) is 4.88 Å². The van der Waals surface area contributed by atoms with Gasteiger partial charge in [-0.15, -0.1) is 11.3 Å². The number of hydrogen-bond acceptors (Lipinski definition) is 3. The van der Waals surface area contributed by atoms with Crippen LogP contribution in [0.5, 0.6) is 5.75 Å². The van der Waals surface area contributed by atoms with Crippen molar-refractivity contribution in [3.05, 3.63) is 50.4 Å². The minimum Gasteiger partial charge on any atom is -0.484 e. The van der Waals surface area contributed by atoms with E-state index in [2.05, 4.69) is 15.9 Å². The van der Waals surface area contributed by atoms with E-state index in [4.69, 9.17) is 10.5 Å². The molecule has 1 aliphatic heterocycles. The molecule has 2 unspecified atom stereocenters. The predicted octanol–water partition coefficient (Wildman–Crippen LogP) is 4.17. The van der Waals surface area contributed by atoms with Crippen LogP contribution in [0.25, 0.3) is 0 Å². The van der Waals surface area contributed by atoms with Crippen LogP contribution in [0.1, 0.15) is 29.0 Å². The predicted molar refractivity (Wildman–Crippen MR) is 73.3 cm³/mol. The quantitative estimate of drug-likeness (QED) is 0.853. The van der Waals surface area contributed by atoms with Crippen LogP contribution >= 0.6 is 27.3 Å². The van der Waals surface area contributed by atoms with Crippen LogP contribution in [0, 0.1) is 5.82 Å². The number of hydrogen-bond donors (Lipinski definition) is 1. The van der Waals surface area contributed by atoms with Crippen LogP contribution < -0.4 is 10.5 Å². The lowest BCUT2D eigenvalue weighted by Crippen LogP contribution is -2.23. The summed E-state index contributed by atoms with van der Waals surface area (Å²) in [5, 5.41) is 2.01. The van der Waals surface area contributed by atoms with Gasteiger partial charge in [-0.25, -0.2) is 4.39 Å². The van der Waals surface area contributed by atoms with Gasteiger partial charge in [0, 0.05) is 22.5 Å². The van der Waals surface area contributed by atoms with Gasteiger partial charge in [-0.2, -0.15) is 0 Å². The Morgan fingerprint density at radius 3 is 2.94 bits per heavy atom. The first-order chi connectivity index (χ1) is 8.65. The van der Waals surface area contributed by atoms with E-state index in [1.54, 1.807) is 17.4 Å². The fourth-order valence-electron chi connectivity index (χ4n) is 2.17. The van der Waals surface area contributed by atoms with Crippen molar-refractivity contribution in [2.75, 3.05) is 0 Å². The van der Waals surface area contributed by atoms with Crippen LogP contribution in [0.15, 0.2) is 34.1 Å². The standard InChI is InChI=1S/C13H11BrFNOS/c14-9-3-4-18-13(9)12-6-10(16)8-5-7(15)1-2-11(8)17-12/h1-5,10,12H,6,16H2. The summed E-state index contributed by atoms with van der Waals surface area (Å²) in [4.78, 5) is 1.13. The van der Waals surface area contributed by atoms with Crippen molar-refractivity contribution >= 4 is 27.3 Å². The molecule has 94 valence electrons. The van der Waals surface area contributed by atoms with Crippen LogP contribution in [0.3, 0.4) is 0 Å². The van der Waals surface area contributed by atoms with E-state index < -0.39 is 0 Å². The third-order valence-corrected chi connectivity index (χ3v) is 5.01. The summed E-state index contributed by atoms with van der Waals surface area (Å²) in [6, 6.07) is 6.31. The Hall–Kier alpha value is -0.910. The third-order valence-electron chi connectivity index (χ3n) is 3.05. The number of nitrogens with two attached hydrogens (primary N) is 1. The van der Waals surface area contributed by atoms with E-state index in [1.807, 2.05) is 11.4 Å². The summed E-state index contributed by atoms with van der Waals surface area (Å²) in [6.07, 6.45) is 0.600. The Bertz CT molecular complexity index is 586. The molecule has 3 rings (SSSR count). The van der Waals surface area contributed by atoms with Crippen LogP contribution in [0.4, 0.5) is 4.39 Å². The molecule has 0 amide bonds. The number of thiophene rings is 1. The SMILES string of the molecule is NC1CC(c2sccc2Br)Oc2ccc(F)cc21. The second kappa shape index (κ2) is 4.64. The zero-order valence-corrected chi connectivity index (χ0v) is 11.8. The molecule has 18 heavy (non-hydrogen) atoms. The number of ether oxygens (including phenoxy) is 1. The largest absolute Gasteiger partial charge is 0.484 e.